The minimum Gasteiger partial charge on any atom is -0.367 e. The van der Waals surface area contributed by atoms with E-state index in [2.05, 4.69) is 62.9 Å². The number of likely N-dealkylation sites (N-methyl/N-ethyl adjacent to an activating group) is 1. The first-order valence-electron chi connectivity index (χ1n) is 11.1. The van der Waals surface area contributed by atoms with Gasteiger partial charge in [0.1, 0.15) is 17.5 Å². The molecule has 0 spiro atoms. The maximum absolute atomic E-state index is 14.9. The molecule has 2 aromatic rings. The first kappa shape index (κ1) is 19.7. The number of imidazole rings is 1. The Morgan fingerprint density at radius 3 is 2.80 bits per heavy atom. The molecule has 4 atom stereocenters. The molecule has 2 unspecified atom stereocenters. The Morgan fingerprint density at radius 2 is 2.00 bits per heavy atom. The molecule has 0 radical (unpaired) electrons. The second kappa shape index (κ2) is 8.12. The van der Waals surface area contributed by atoms with Gasteiger partial charge in [-0.1, -0.05) is 19.1 Å². The van der Waals surface area contributed by atoms with Crippen LogP contribution in [-0.4, -0.2) is 84.0 Å². The largest absolute Gasteiger partial charge is 0.367 e. The maximum atomic E-state index is 14.9. The number of benzene rings is 1. The lowest BCUT2D eigenvalue weighted by molar-refractivity contribution is 0.144. The number of nitrogens with one attached hydrogen (secondary N) is 1. The van der Waals surface area contributed by atoms with Gasteiger partial charge in [-0.15, -0.1) is 0 Å². The molecule has 2 fully saturated rings. The van der Waals surface area contributed by atoms with Crippen LogP contribution in [0.4, 0.5) is 10.1 Å². The van der Waals surface area contributed by atoms with Crippen molar-refractivity contribution in [2.24, 2.45) is 10.9 Å². The summed E-state index contributed by atoms with van der Waals surface area (Å²) in [6.07, 6.45) is 5.64. The highest BCUT2D eigenvalue weighted by atomic mass is 19.1. The summed E-state index contributed by atoms with van der Waals surface area (Å²) in [6, 6.07) is 6.13. The monoisotopic (exact) mass is 410 g/mol. The molecule has 30 heavy (non-hydrogen) atoms. The van der Waals surface area contributed by atoms with E-state index in [1.807, 2.05) is 12.3 Å². The lowest BCUT2D eigenvalue weighted by Crippen LogP contribution is -2.45. The molecule has 3 aliphatic rings. The third-order valence-corrected chi connectivity index (χ3v) is 6.87. The number of aliphatic imine (C=N–C) groups is 1. The Balaban J connectivity index is 1.38. The van der Waals surface area contributed by atoms with Crippen molar-refractivity contribution in [1.82, 2.24) is 19.8 Å². The molecule has 160 valence electrons. The van der Waals surface area contributed by atoms with Crippen LogP contribution in [0.1, 0.15) is 19.2 Å². The van der Waals surface area contributed by atoms with Gasteiger partial charge in [-0.3, -0.25) is 9.89 Å². The van der Waals surface area contributed by atoms with E-state index in [4.69, 9.17) is 4.98 Å². The Labute approximate surface area is 177 Å². The lowest BCUT2D eigenvalue weighted by atomic mass is 9.91. The SMILES string of the molecule is CC1C=CC=NC1[C@H]1[C@H](F)CCN1Cc1nc2c(N3CCN(C)CC3)cccc2[nH]1. The number of hydrogen-bond donors (Lipinski definition) is 1. The van der Waals surface area contributed by atoms with E-state index in [0.717, 1.165) is 49.6 Å². The van der Waals surface area contributed by atoms with E-state index < -0.39 is 6.17 Å². The predicted octanol–water partition coefficient (Wildman–Crippen LogP) is 2.87. The van der Waals surface area contributed by atoms with Gasteiger partial charge in [0, 0.05) is 38.9 Å². The molecule has 2 saturated heterocycles. The molecule has 0 aliphatic carbocycles. The van der Waals surface area contributed by atoms with Crippen LogP contribution in [0.3, 0.4) is 0 Å². The van der Waals surface area contributed by atoms with Crippen LogP contribution in [0.25, 0.3) is 11.0 Å². The van der Waals surface area contributed by atoms with Crippen molar-refractivity contribution in [3.8, 4) is 0 Å². The van der Waals surface area contributed by atoms with Crippen LogP contribution in [0.2, 0.25) is 0 Å². The van der Waals surface area contributed by atoms with E-state index >= 15 is 0 Å². The highest BCUT2D eigenvalue weighted by Gasteiger charge is 2.42. The smallest absolute Gasteiger partial charge is 0.121 e. The third kappa shape index (κ3) is 3.65. The number of aromatic nitrogens is 2. The summed E-state index contributed by atoms with van der Waals surface area (Å²) in [5.41, 5.74) is 3.28. The summed E-state index contributed by atoms with van der Waals surface area (Å²) in [5, 5.41) is 0. The highest BCUT2D eigenvalue weighted by molar-refractivity contribution is 5.89. The van der Waals surface area contributed by atoms with Crippen molar-refractivity contribution in [1.29, 1.82) is 0 Å². The van der Waals surface area contributed by atoms with Crippen molar-refractivity contribution in [2.45, 2.75) is 38.1 Å². The summed E-state index contributed by atoms with van der Waals surface area (Å²) in [4.78, 5) is 20.1. The first-order chi connectivity index (χ1) is 14.6. The van der Waals surface area contributed by atoms with Crippen molar-refractivity contribution >= 4 is 22.9 Å². The Morgan fingerprint density at radius 1 is 1.17 bits per heavy atom. The molecule has 3 aliphatic heterocycles. The molecule has 5 rings (SSSR count). The zero-order valence-corrected chi connectivity index (χ0v) is 17.8. The summed E-state index contributed by atoms with van der Waals surface area (Å²) >= 11 is 0. The van der Waals surface area contributed by atoms with E-state index in [1.54, 1.807) is 0 Å². The number of aromatic amines is 1. The average Bonchev–Trinajstić information content (AvgIpc) is 3.32. The van der Waals surface area contributed by atoms with Crippen LogP contribution in [0.15, 0.2) is 35.3 Å². The molecule has 6 nitrogen and oxygen atoms in total. The minimum absolute atomic E-state index is 0.0298. The van der Waals surface area contributed by atoms with E-state index in [1.165, 1.54) is 5.69 Å². The molecule has 0 saturated carbocycles. The average molecular weight is 411 g/mol. The number of dihydropyridines is 1. The normalized spacial score (nSPS) is 30.6. The molecular formula is C23H31FN6. The van der Waals surface area contributed by atoms with Gasteiger partial charge >= 0.3 is 0 Å². The number of fused-ring (bicyclic) bond motifs is 1. The zero-order chi connectivity index (χ0) is 20.7. The van der Waals surface area contributed by atoms with Gasteiger partial charge in [0.15, 0.2) is 0 Å². The molecule has 1 aromatic carbocycles. The van der Waals surface area contributed by atoms with E-state index in [0.29, 0.717) is 13.0 Å². The Hall–Kier alpha value is -2.25. The molecule has 7 heteroatoms. The first-order valence-corrected chi connectivity index (χ1v) is 11.1. The summed E-state index contributed by atoms with van der Waals surface area (Å²) in [6.45, 7) is 7.66. The number of H-pyrrole nitrogens is 1. The van der Waals surface area contributed by atoms with Crippen LogP contribution >= 0.6 is 0 Å². The van der Waals surface area contributed by atoms with Crippen LogP contribution in [-0.2, 0) is 6.54 Å². The van der Waals surface area contributed by atoms with E-state index in [-0.39, 0.29) is 18.0 Å². The van der Waals surface area contributed by atoms with Gasteiger partial charge in [0.25, 0.3) is 0 Å². The van der Waals surface area contributed by atoms with Gasteiger partial charge in [-0.2, -0.15) is 0 Å². The highest BCUT2D eigenvalue weighted by Crippen LogP contribution is 2.32. The van der Waals surface area contributed by atoms with Gasteiger partial charge < -0.3 is 14.8 Å². The number of anilines is 1. The number of piperazine rings is 1. The number of halogens is 1. The molecule has 0 bridgehead atoms. The van der Waals surface area contributed by atoms with Crippen molar-refractivity contribution < 1.29 is 4.39 Å². The van der Waals surface area contributed by atoms with Crippen LogP contribution < -0.4 is 4.90 Å². The van der Waals surface area contributed by atoms with Gasteiger partial charge in [-0.25, -0.2) is 9.37 Å². The van der Waals surface area contributed by atoms with Gasteiger partial charge in [-0.05, 0) is 37.6 Å². The number of rotatable bonds is 4. The van der Waals surface area contributed by atoms with Crippen molar-refractivity contribution in [2.75, 3.05) is 44.7 Å². The second-order valence-electron chi connectivity index (χ2n) is 8.95. The second-order valence-corrected chi connectivity index (χ2v) is 8.95. The van der Waals surface area contributed by atoms with Gasteiger partial charge in [0.05, 0.1) is 29.8 Å². The fourth-order valence-electron chi connectivity index (χ4n) is 5.11. The van der Waals surface area contributed by atoms with Gasteiger partial charge in [0.2, 0.25) is 0 Å². The van der Waals surface area contributed by atoms with Crippen LogP contribution in [0.5, 0.6) is 0 Å². The number of nitrogens with zero attached hydrogens (tertiary/aromatic N) is 5. The molecule has 0 amide bonds. The fraction of sp³-hybridized carbons (Fsp3) is 0.565. The van der Waals surface area contributed by atoms with Crippen LogP contribution in [0, 0.1) is 5.92 Å². The summed E-state index contributed by atoms with van der Waals surface area (Å²) in [5.74, 6) is 1.16. The van der Waals surface area contributed by atoms with Crippen molar-refractivity contribution in [3.05, 3.63) is 36.2 Å². The van der Waals surface area contributed by atoms with Crippen molar-refractivity contribution in [3.63, 3.8) is 0 Å². The van der Waals surface area contributed by atoms with E-state index in [9.17, 15) is 4.39 Å². The number of allylic oxidation sites excluding steroid dienone is 1. The Bertz CT molecular complexity index is 944. The molecule has 1 aromatic heterocycles. The predicted molar refractivity (Wildman–Crippen MR) is 120 cm³/mol. The third-order valence-electron chi connectivity index (χ3n) is 6.87. The minimum atomic E-state index is -0.841. The number of likely N-dealkylation sites (tertiary alicyclic amines) is 1. The standard InChI is InChI=1S/C23H31FN6/c1-16-5-4-9-25-21(16)23-17(24)8-10-30(23)15-20-26-18-6-3-7-19(22(18)27-20)29-13-11-28(2)12-14-29/h3-7,9,16-17,21,23H,8,10-15H2,1-2H3,(H,26,27)/t16?,17-,21?,23-/m1/s1. The summed E-state index contributed by atoms with van der Waals surface area (Å²) < 4.78 is 14.9. The molecule has 4 heterocycles. The Kier molecular flexibility index (Phi) is 5.33. The fourth-order valence-corrected chi connectivity index (χ4v) is 5.11. The molecular weight excluding hydrogens is 379 g/mol. The number of hydrogen-bond acceptors (Lipinski definition) is 5. The maximum Gasteiger partial charge on any atom is 0.121 e. The zero-order valence-electron chi connectivity index (χ0n) is 17.8. The lowest BCUT2D eigenvalue weighted by Gasteiger charge is -2.34. The number of para-hydroxylation sites is 1. The topological polar surface area (TPSA) is 50.8 Å². The summed E-state index contributed by atoms with van der Waals surface area (Å²) in [7, 11) is 2.17. The number of alkyl halides is 1. The molecule has 1 N–H and O–H groups in total. The quantitative estimate of drug-likeness (QED) is 0.842.